The highest BCUT2D eigenvalue weighted by molar-refractivity contribution is 5.30. The summed E-state index contributed by atoms with van der Waals surface area (Å²) < 4.78 is 12.6. The first-order valence-corrected chi connectivity index (χ1v) is 4.76. The molecular weight excluding hydrogens is 195 g/mol. The third-order valence-electron chi connectivity index (χ3n) is 1.95. The van der Waals surface area contributed by atoms with E-state index in [0.717, 1.165) is 12.4 Å². The van der Waals surface area contributed by atoms with Crippen LogP contribution in [0.2, 0.25) is 0 Å². The molecule has 5 heteroatoms. The molecule has 0 N–H and O–H groups in total. The van der Waals surface area contributed by atoms with Gasteiger partial charge in [0.2, 0.25) is 5.95 Å². The fraction of sp³-hybridized carbons (Fsp3) is 0.500. The lowest BCUT2D eigenvalue weighted by atomic mass is 10.3. The van der Waals surface area contributed by atoms with Crippen molar-refractivity contribution in [1.29, 1.82) is 5.26 Å². The van der Waals surface area contributed by atoms with Crippen LogP contribution < -0.4 is 4.90 Å². The zero-order valence-corrected chi connectivity index (χ0v) is 8.81. The Labute approximate surface area is 88.4 Å². The van der Waals surface area contributed by atoms with Crippen LogP contribution in [-0.4, -0.2) is 22.6 Å². The van der Waals surface area contributed by atoms with E-state index in [4.69, 9.17) is 5.26 Å². The summed E-state index contributed by atoms with van der Waals surface area (Å²) in [6.45, 7) is 4.51. The second-order valence-electron chi connectivity index (χ2n) is 3.40. The standard InChI is InChI=1S/C10H13FN4/c1-8(2)15(5-3-4-12)10-13-6-9(11)7-14-10/h6-8H,3,5H2,1-2H3. The lowest BCUT2D eigenvalue weighted by molar-refractivity contribution is 0.604. The van der Waals surface area contributed by atoms with Crippen LogP contribution in [0.5, 0.6) is 0 Å². The number of anilines is 1. The zero-order valence-electron chi connectivity index (χ0n) is 8.81. The summed E-state index contributed by atoms with van der Waals surface area (Å²) in [5.41, 5.74) is 0. The topological polar surface area (TPSA) is 52.8 Å². The fourth-order valence-electron chi connectivity index (χ4n) is 1.21. The second-order valence-corrected chi connectivity index (χ2v) is 3.40. The highest BCUT2D eigenvalue weighted by Gasteiger charge is 2.12. The zero-order chi connectivity index (χ0) is 11.3. The molecule has 80 valence electrons. The first-order valence-electron chi connectivity index (χ1n) is 4.76. The Kier molecular flexibility index (Phi) is 3.98. The van der Waals surface area contributed by atoms with Gasteiger partial charge in [-0.2, -0.15) is 5.26 Å². The Bertz CT molecular complexity index is 341. The number of halogens is 1. The van der Waals surface area contributed by atoms with Gasteiger partial charge in [0.25, 0.3) is 0 Å². The predicted molar refractivity (Wildman–Crippen MR) is 54.7 cm³/mol. The Morgan fingerprint density at radius 1 is 1.47 bits per heavy atom. The lowest BCUT2D eigenvalue weighted by Gasteiger charge is -2.25. The molecule has 1 heterocycles. The molecule has 0 atom stereocenters. The van der Waals surface area contributed by atoms with Crippen molar-refractivity contribution in [3.8, 4) is 6.07 Å². The fourth-order valence-corrected chi connectivity index (χ4v) is 1.21. The first kappa shape index (κ1) is 11.4. The third-order valence-corrected chi connectivity index (χ3v) is 1.95. The highest BCUT2D eigenvalue weighted by Crippen LogP contribution is 2.10. The predicted octanol–water partition coefficient (Wildman–Crippen LogP) is 1.74. The van der Waals surface area contributed by atoms with Crippen molar-refractivity contribution < 1.29 is 4.39 Å². The van der Waals surface area contributed by atoms with Gasteiger partial charge in [0.15, 0.2) is 5.82 Å². The minimum atomic E-state index is -0.456. The van der Waals surface area contributed by atoms with Crippen LogP contribution in [0.4, 0.5) is 10.3 Å². The van der Waals surface area contributed by atoms with Gasteiger partial charge in [-0.05, 0) is 13.8 Å². The van der Waals surface area contributed by atoms with Gasteiger partial charge in [-0.1, -0.05) is 0 Å². The molecule has 15 heavy (non-hydrogen) atoms. The van der Waals surface area contributed by atoms with E-state index in [1.54, 1.807) is 0 Å². The summed E-state index contributed by atoms with van der Waals surface area (Å²) in [6.07, 6.45) is 2.66. The number of aromatic nitrogens is 2. The van der Waals surface area contributed by atoms with Gasteiger partial charge in [0.05, 0.1) is 24.9 Å². The van der Waals surface area contributed by atoms with Crippen LogP contribution in [0.1, 0.15) is 20.3 Å². The van der Waals surface area contributed by atoms with Crippen molar-refractivity contribution in [3.63, 3.8) is 0 Å². The molecule has 0 aliphatic heterocycles. The average molecular weight is 208 g/mol. The van der Waals surface area contributed by atoms with Crippen molar-refractivity contribution in [1.82, 2.24) is 9.97 Å². The van der Waals surface area contributed by atoms with Gasteiger partial charge in [-0.3, -0.25) is 0 Å². The van der Waals surface area contributed by atoms with Crippen LogP contribution in [0.15, 0.2) is 12.4 Å². The SMILES string of the molecule is CC(C)N(CCC#N)c1ncc(F)cn1. The summed E-state index contributed by atoms with van der Waals surface area (Å²) in [7, 11) is 0. The molecule has 4 nitrogen and oxygen atoms in total. The van der Waals surface area contributed by atoms with Crippen LogP contribution in [-0.2, 0) is 0 Å². The number of nitrogens with zero attached hydrogens (tertiary/aromatic N) is 4. The molecule has 1 rings (SSSR count). The van der Waals surface area contributed by atoms with E-state index in [0.29, 0.717) is 18.9 Å². The average Bonchev–Trinajstić information content (AvgIpc) is 2.21. The van der Waals surface area contributed by atoms with Gasteiger partial charge >= 0.3 is 0 Å². The summed E-state index contributed by atoms with van der Waals surface area (Å²) in [4.78, 5) is 9.63. The van der Waals surface area contributed by atoms with Crippen LogP contribution in [0.25, 0.3) is 0 Å². The maximum atomic E-state index is 12.6. The van der Waals surface area contributed by atoms with Crippen LogP contribution >= 0.6 is 0 Å². The molecule has 0 aromatic carbocycles. The maximum Gasteiger partial charge on any atom is 0.225 e. The van der Waals surface area contributed by atoms with Crippen molar-refractivity contribution in [3.05, 3.63) is 18.2 Å². The van der Waals surface area contributed by atoms with Crippen molar-refractivity contribution in [2.75, 3.05) is 11.4 Å². The number of rotatable bonds is 4. The van der Waals surface area contributed by atoms with Gasteiger partial charge < -0.3 is 4.90 Å². The second kappa shape index (κ2) is 5.25. The summed E-state index contributed by atoms with van der Waals surface area (Å²) >= 11 is 0. The van der Waals surface area contributed by atoms with E-state index in [1.165, 1.54) is 0 Å². The van der Waals surface area contributed by atoms with Crippen molar-refractivity contribution >= 4 is 5.95 Å². The van der Waals surface area contributed by atoms with E-state index in [9.17, 15) is 4.39 Å². The molecular formula is C10H13FN4. The third kappa shape index (κ3) is 3.17. The van der Waals surface area contributed by atoms with Gasteiger partial charge in [-0.15, -0.1) is 0 Å². The highest BCUT2D eigenvalue weighted by atomic mass is 19.1. The van der Waals surface area contributed by atoms with E-state index >= 15 is 0 Å². The Balaban J connectivity index is 2.80. The normalized spacial score (nSPS) is 10.1. The number of hydrogen-bond acceptors (Lipinski definition) is 4. The molecule has 0 radical (unpaired) electrons. The summed E-state index contributed by atoms with van der Waals surface area (Å²) in [6, 6.07) is 2.25. The van der Waals surface area contributed by atoms with E-state index < -0.39 is 5.82 Å². The molecule has 0 saturated carbocycles. The van der Waals surface area contributed by atoms with E-state index in [1.807, 2.05) is 18.7 Å². The summed E-state index contributed by atoms with van der Waals surface area (Å²) in [5, 5.41) is 8.51. The Hall–Kier alpha value is -1.70. The Morgan fingerprint density at radius 3 is 2.53 bits per heavy atom. The van der Waals surface area contributed by atoms with Crippen molar-refractivity contribution in [2.24, 2.45) is 0 Å². The molecule has 1 aromatic heterocycles. The molecule has 0 aliphatic carbocycles. The van der Waals surface area contributed by atoms with Crippen LogP contribution in [0, 0.1) is 17.1 Å². The van der Waals surface area contributed by atoms with Gasteiger partial charge in [0.1, 0.15) is 0 Å². The molecule has 1 aromatic rings. The van der Waals surface area contributed by atoms with Crippen LogP contribution in [0.3, 0.4) is 0 Å². The van der Waals surface area contributed by atoms with Crippen molar-refractivity contribution in [2.45, 2.75) is 26.3 Å². The molecule has 0 bridgehead atoms. The minimum Gasteiger partial charge on any atom is -0.337 e. The molecule has 0 amide bonds. The monoisotopic (exact) mass is 208 g/mol. The van der Waals surface area contributed by atoms with E-state index in [2.05, 4.69) is 16.0 Å². The Morgan fingerprint density at radius 2 is 2.07 bits per heavy atom. The molecule has 0 aliphatic rings. The largest absolute Gasteiger partial charge is 0.337 e. The van der Waals surface area contributed by atoms with Gasteiger partial charge in [0, 0.05) is 12.6 Å². The van der Waals surface area contributed by atoms with E-state index in [-0.39, 0.29) is 6.04 Å². The molecule has 0 fully saturated rings. The lowest BCUT2D eigenvalue weighted by Crippen LogP contribution is -2.33. The summed E-state index contributed by atoms with van der Waals surface area (Å²) in [5.74, 6) is 0.00406. The molecule has 0 spiro atoms. The quantitative estimate of drug-likeness (QED) is 0.756. The number of nitriles is 1. The molecule has 0 unspecified atom stereocenters. The number of hydrogen-bond donors (Lipinski definition) is 0. The first-order chi connectivity index (χ1) is 7.15. The minimum absolute atomic E-state index is 0.184. The maximum absolute atomic E-state index is 12.6. The molecule has 0 saturated heterocycles. The smallest absolute Gasteiger partial charge is 0.225 e. The van der Waals surface area contributed by atoms with Gasteiger partial charge in [-0.25, -0.2) is 14.4 Å².